The summed E-state index contributed by atoms with van der Waals surface area (Å²) in [7, 11) is 0. The lowest BCUT2D eigenvalue weighted by atomic mass is 9.84. The van der Waals surface area contributed by atoms with E-state index in [2.05, 4.69) is 90.4 Å². The van der Waals surface area contributed by atoms with Crippen LogP contribution in [0.2, 0.25) is 0 Å². The summed E-state index contributed by atoms with van der Waals surface area (Å²) in [5.41, 5.74) is 4.03. The molecule has 49 heavy (non-hydrogen) atoms. The second-order valence-electron chi connectivity index (χ2n) is 13.6. The van der Waals surface area contributed by atoms with E-state index < -0.39 is 22.5 Å². The Hall–Kier alpha value is -3.91. The number of hydrogen-bond acceptors (Lipinski definition) is 6. The van der Waals surface area contributed by atoms with Gasteiger partial charge in [0.2, 0.25) is 0 Å². The molecule has 7 heteroatoms. The second kappa shape index (κ2) is 19.3. The molecule has 2 N–H and O–H groups in total. The molecule has 0 aliphatic heterocycles. The lowest BCUT2D eigenvalue weighted by Gasteiger charge is -2.37. The summed E-state index contributed by atoms with van der Waals surface area (Å²) in [6, 6.07) is 41.5. The van der Waals surface area contributed by atoms with Crippen LogP contribution < -0.4 is 10.6 Å². The van der Waals surface area contributed by atoms with E-state index in [-0.39, 0.29) is 6.04 Å². The molecule has 0 aliphatic rings. The van der Waals surface area contributed by atoms with E-state index in [1.54, 1.807) is 0 Å². The molecule has 4 aromatic rings. The Kier molecular flexibility index (Phi) is 14.9. The van der Waals surface area contributed by atoms with Crippen molar-refractivity contribution in [2.75, 3.05) is 25.4 Å². The van der Waals surface area contributed by atoms with Gasteiger partial charge in [-0.15, -0.1) is 11.8 Å². The number of hydrogen-bond donors (Lipinski definition) is 2. The molecule has 0 heterocycles. The average molecular weight is 681 g/mol. The van der Waals surface area contributed by atoms with E-state index in [0.29, 0.717) is 31.2 Å². The summed E-state index contributed by atoms with van der Waals surface area (Å²) in [4.78, 5) is 24.6. The summed E-state index contributed by atoms with van der Waals surface area (Å²) in [6.07, 6.45) is 2.45. The Labute approximate surface area is 297 Å². The second-order valence-corrected chi connectivity index (χ2v) is 14.8. The Morgan fingerprint density at radius 3 is 1.78 bits per heavy atom. The monoisotopic (exact) mass is 680 g/mol. The van der Waals surface area contributed by atoms with Crippen molar-refractivity contribution in [3.05, 3.63) is 144 Å². The molecule has 0 fully saturated rings. The number of amides is 1. The van der Waals surface area contributed by atoms with Crippen LogP contribution in [-0.2, 0) is 25.4 Å². The van der Waals surface area contributed by atoms with Crippen LogP contribution in [0.3, 0.4) is 0 Å². The first-order valence-electron chi connectivity index (χ1n) is 17.3. The number of rotatable bonds is 19. The van der Waals surface area contributed by atoms with Gasteiger partial charge in [0.25, 0.3) is 0 Å². The van der Waals surface area contributed by atoms with E-state index in [1.807, 2.05) is 81.1 Å². The fraction of sp³-hybridized carbons (Fsp3) is 0.381. The molecule has 3 atom stereocenters. The van der Waals surface area contributed by atoms with Gasteiger partial charge in [0.15, 0.2) is 0 Å². The minimum absolute atomic E-state index is 0.194. The van der Waals surface area contributed by atoms with Gasteiger partial charge in [-0.05, 0) is 68.3 Å². The molecule has 6 nitrogen and oxygen atoms in total. The average Bonchev–Trinajstić information content (AvgIpc) is 3.11. The highest BCUT2D eigenvalue weighted by molar-refractivity contribution is 8.00. The zero-order valence-electron chi connectivity index (χ0n) is 29.3. The van der Waals surface area contributed by atoms with E-state index in [9.17, 15) is 9.59 Å². The number of aldehydes is 1. The minimum Gasteiger partial charge on any atom is -0.444 e. The molecule has 4 aromatic carbocycles. The summed E-state index contributed by atoms with van der Waals surface area (Å²) in [5.74, 6) is 1.05. The Bertz CT molecular complexity index is 1420. The fourth-order valence-corrected chi connectivity index (χ4v) is 7.36. The van der Waals surface area contributed by atoms with Crippen molar-refractivity contribution < 1.29 is 19.1 Å². The lowest BCUT2D eigenvalue weighted by Crippen LogP contribution is -2.46. The van der Waals surface area contributed by atoms with Gasteiger partial charge in [0.1, 0.15) is 18.0 Å². The number of thioether (sulfide) groups is 1. The number of benzene rings is 4. The molecule has 0 aromatic heterocycles. The van der Waals surface area contributed by atoms with Gasteiger partial charge in [-0.3, -0.25) is 0 Å². The van der Waals surface area contributed by atoms with Gasteiger partial charge in [0, 0.05) is 25.3 Å². The van der Waals surface area contributed by atoms with Crippen LogP contribution in [0.15, 0.2) is 121 Å². The van der Waals surface area contributed by atoms with Crippen LogP contribution in [0, 0.1) is 5.92 Å². The maximum Gasteiger partial charge on any atom is 0.407 e. The summed E-state index contributed by atoms with van der Waals surface area (Å²) < 4.78 is 11.1. The predicted octanol–water partition coefficient (Wildman–Crippen LogP) is 8.44. The number of nitrogens with one attached hydrogen (secondary N) is 2. The van der Waals surface area contributed by atoms with Gasteiger partial charge in [-0.2, -0.15) is 0 Å². The standard InChI is InChI=1S/C42H52N2O4S/c1-33(26-28-47-39(31-45)29-34-17-9-5-10-18-34)25-27-43-30-38(44-40(46)48-41(2,3)4)32-49-42(35-19-11-6-12-20-35,36-21-13-7-14-22-36)37-23-15-8-16-24-37/h5-24,31,33,38-39,43H,25-30,32H2,1-4H3,(H,44,46)/t33?,38?,39-/m0/s1. The van der Waals surface area contributed by atoms with Gasteiger partial charge in [-0.1, -0.05) is 128 Å². The van der Waals surface area contributed by atoms with Crippen molar-refractivity contribution in [3.63, 3.8) is 0 Å². The summed E-state index contributed by atoms with van der Waals surface area (Å²) in [5, 5.41) is 6.77. The third-order valence-corrected chi connectivity index (χ3v) is 10.1. The highest BCUT2D eigenvalue weighted by Crippen LogP contribution is 2.48. The maximum atomic E-state index is 13.0. The van der Waals surface area contributed by atoms with Crippen molar-refractivity contribution >= 4 is 24.1 Å². The highest BCUT2D eigenvalue weighted by Gasteiger charge is 2.37. The van der Waals surface area contributed by atoms with Gasteiger partial charge in [0.05, 0.1) is 10.8 Å². The first-order chi connectivity index (χ1) is 23.7. The van der Waals surface area contributed by atoms with Crippen molar-refractivity contribution in [1.82, 2.24) is 10.6 Å². The molecule has 4 rings (SSSR count). The predicted molar refractivity (Wildman–Crippen MR) is 202 cm³/mol. The number of ether oxygens (including phenoxy) is 2. The van der Waals surface area contributed by atoms with Crippen LogP contribution in [0.5, 0.6) is 0 Å². The quantitative estimate of drug-likeness (QED) is 0.0588. The van der Waals surface area contributed by atoms with Crippen molar-refractivity contribution in [3.8, 4) is 0 Å². The Morgan fingerprint density at radius 1 is 0.776 bits per heavy atom. The molecule has 0 radical (unpaired) electrons. The van der Waals surface area contributed by atoms with Crippen molar-refractivity contribution in [1.29, 1.82) is 0 Å². The number of alkyl carbamates (subject to hydrolysis) is 1. The minimum atomic E-state index is -0.599. The van der Waals surface area contributed by atoms with Crippen LogP contribution in [0.25, 0.3) is 0 Å². The molecule has 1 amide bonds. The van der Waals surface area contributed by atoms with Gasteiger partial charge >= 0.3 is 6.09 Å². The maximum absolute atomic E-state index is 13.0. The smallest absolute Gasteiger partial charge is 0.407 e. The summed E-state index contributed by atoms with van der Waals surface area (Å²) >= 11 is 1.82. The third kappa shape index (κ3) is 12.2. The molecule has 0 spiro atoms. The fourth-order valence-electron chi connectivity index (χ4n) is 5.80. The van der Waals surface area contributed by atoms with Gasteiger partial charge in [-0.25, -0.2) is 4.79 Å². The molecule has 0 saturated heterocycles. The molecule has 2 unspecified atom stereocenters. The molecular formula is C42H52N2O4S. The van der Waals surface area contributed by atoms with Crippen molar-refractivity contribution in [2.24, 2.45) is 5.92 Å². The van der Waals surface area contributed by atoms with Crippen LogP contribution in [0.4, 0.5) is 4.79 Å². The SMILES string of the molecule is CC(CCNCC(CSC(c1ccccc1)(c1ccccc1)c1ccccc1)NC(=O)OC(C)(C)C)CCO[C@H](C=O)Cc1ccccc1. The molecule has 0 saturated carbocycles. The number of carbonyl (C=O) groups is 2. The Balaban J connectivity index is 1.41. The Morgan fingerprint density at radius 2 is 1.29 bits per heavy atom. The first kappa shape index (κ1) is 37.9. The van der Waals surface area contributed by atoms with Crippen LogP contribution in [0.1, 0.15) is 62.8 Å². The topological polar surface area (TPSA) is 76.7 Å². The first-order valence-corrected chi connectivity index (χ1v) is 18.3. The number of carbonyl (C=O) groups excluding carboxylic acids is 2. The normalized spacial score (nSPS) is 13.6. The summed E-state index contributed by atoms with van der Waals surface area (Å²) in [6.45, 7) is 9.77. The highest BCUT2D eigenvalue weighted by atomic mass is 32.2. The van der Waals surface area contributed by atoms with Crippen LogP contribution >= 0.6 is 11.8 Å². The van der Waals surface area contributed by atoms with E-state index >= 15 is 0 Å². The van der Waals surface area contributed by atoms with Crippen LogP contribution in [-0.4, -0.2) is 55.6 Å². The van der Waals surface area contributed by atoms with Gasteiger partial charge < -0.3 is 24.9 Å². The lowest BCUT2D eigenvalue weighted by molar-refractivity contribution is -0.118. The van der Waals surface area contributed by atoms with E-state index in [1.165, 1.54) is 16.7 Å². The third-order valence-electron chi connectivity index (χ3n) is 8.34. The molecule has 260 valence electrons. The van der Waals surface area contributed by atoms with E-state index in [0.717, 1.165) is 31.2 Å². The molecule has 0 bridgehead atoms. The molecule has 0 aliphatic carbocycles. The molecular weight excluding hydrogens is 629 g/mol. The largest absolute Gasteiger partial charge is 0.444 e. The zero-order chi connectivity index (χ0) is 35.0. The van der Waals surface area contributed by atoms with Crippen molar-refractivity contribution in [2.45, 2.75) is 69.5 Å². The van der Waals surface area contributed by atoms with E-state index in [4.69, 9.17) is 9.47 Å². The zero-order valence-corrected chi connectivity index (χ0v) is 30.2.